The maximum atomic E-state index is 4.52. The van der Waals surface area contributed by atoms with Crippen molar-refractivity contribution in [3.05, 3.63) is 64.7 Å². The highest BCUT2D eigenvalue weighted by Gasteiger charge is 2.14. The molecule has 5 nitrogen and oxygen atoms in total. The molecule has 3 aromatic heterocycles. The fraction of sp³-hybridized carbons (Fsp3) is 0.235. The number of nitrogens with zero attached hydrogens (tertiary/aromatic N) is 5. The molecule has 6 heteroatoms. The number of aromatic nitrogens is 4. The van der Waals surface area contributed by atoms with E-state index in [4.69, 9.17) is 0 Å². The smallest absolute Gasteiger partial charge is 0.153 e. The largest absolute Gasteiger partial charge is 0.353 e. The number of pyridine rings is 2. The summed E-state index contributed by atoms with van der Waals surface area (Å²) in [6.07, 6.45) is 7.49. The van der Waals surface area contributed by atoms with Crippen LogP contribution in [-0.4, -0.2) is 26.8 Å². The van der Waals surface area contributed by atoms with Crippen LogP contribution in [0, 0.1) is 6.92 Å². The van der Waals surface area contributed by atoms with Gasteiger partial charge in [0.15, 0.2) is 5.82 Å². The molecule has 0 saturated carbocycles. The molecule has 0 aliphatic carbocycles. The summed E-state index contributed by atoms with van der Waals surface area (Å²) >= 11 is 3.41. The first-order valence-electron chi connectivity index (χ1n) is 7.36. The van der Waals surface area contributed by atoms with Crippen LogP contribution in [-0.2, 0) is 0 Å². The number of hydrogen-bond donors (Lipinski definition) is 0. The second-order valence-corrected chi connectivity index (χ2v) is 6.45. The fourth-order valence-electron chi connectivity index (χ4n) is 2.32. The molecule has 0 aliphatic heterocycles. The van der Waals surface area contributed by atoms with Crippen LogP contribution in [0.15, 0.2) is 53.5 Å². The Bertz CT molecular complexity index is 780. The van der Waals surface area contributed by atoms with Crippen LogP contribution in [0.25, 0.3) is 5.82 Å². The average molecular weight is 372 g/mol. The molecular formula is C17H18BrN5. The molecule has 0 N–H and O–H groups in total. The third kappa shape index (κ3) is 3.42. The SMILES string of the molecule is Cc1cnn(-c2ccc([C@H](C)N(C)c3ccc(Br)cn3)cn2)c1. The van der Waals surface area contributed by atoms with Crippen LogP contribution in [0.1, 0.15) is 24.1 Å². The van der Waals surface area contributed by atoms with E-state index in [2.05, 4.69) is 48.9 Å². The van der Waals surface area contributed by atoms with Crippen molar-refractivity contribution in [3.8, 4) is 5.82 Å². The summed E-state index contributed by atoms with van der Waals surface area (Å²) in [4.78, 5) is 11.1. The Morgan fingerprint density at radius 1 is 1.09 bits per heavy atom. The van der Waals surface area contributed by atoms with Gasteiger partial charge < -0.3 is 4.90 Å². The molecule has 1 atom stereocenters. The van der Waals surface area contributed by atoms with E-state index in [-0.39, 0.29) is 6.04 Å². The van der Waals surface area contributed by atoms with Crippen LogP contribution >= 0.6 is 15.9 Å². The number of anilines is 1. The van der Waals surface area contributed by atoms with Crippen LogP contribution in [0.4, 0.5) is 5.82 Å². The monoisotopic (exact) mass is 371 g/mol. The standard InChI is InChI=1S/C17H18BrN5/c1-12-8-21-23(11-12)17-6-4-14(9-19-17)13(2)22(3)16-7-5-15(18)10-20-16/h4-11,13H,1-3H3/t13-/m0/s1. The predicted molar refractivity (Wildman–Crippen MR) is 94.9 cm³/mol. The molecule has 118 valence electrons. The van der Waals surface area contributed by atoms with Crippen molar-refractivity contribution in [2.45, 2.75) is 19.9 Å². The molecule has 23 heavy (non-hydrogen) atoms. The molecule has 3 rings (SSSR count). The van der Waals surface area contributed by atoms with Crippen LogP contribution in [0.3, 0.4) is 0 Å². The molecular weight excluding hydrogens is 354 g/mol. The van der Waals surface area contributed by atoms with Crippen molar-refractivity contribution in [1.29, 1.82) is 0 Å². The van der Waals surface area contributed by atoms with E-state index in [1.165, 1.54) is 0 Å². The highest BCUT2D eigenvalue weighted by atomic mass is 79.9. The molecule has 3 aromatic rings. The third-order valence-corrected chi connectivity index (χ3v) is 4.32. The lowest BCUT2D eigenvalue weighted by molar-refractivity contribution is 0.722. The number of halogens is 1. The minimum atomic E-state index is 0.171. The normalized spacial score (nSPS) is 12.2. The Labute approximate surface area is 144 Å². The predicted octanol–water partition coefficient (Wildman–Crippen LogP) is 3.93. The van der Waals surface area contributed by atoms with Crippen molar-refractivity contribution in [1.82, 2.24) is 19.7 Å². The number of hydrogen-bond acceptors (Lipinski definition) is 4. The van der Waals surface area contributed by atoms with E-state index in [0.29, 0.717) is 0 Å². The first-order valence-corrected chi connectivity index (χ1v) is 8.16. The quantitative estimate of drug-likeness (QED) is 0.696. The molecule has 0 radical (unpaired) electrons. The lowest BCUT2D eigenvalue weighted by Crippen LogP contribution is -2.22. The second kappa shape index (κ2) is 6.50. The van der Waals surface area contributed by atoms with E-state index in [1.54, 1.807) is 10.9 Å². The van der Waals surface area contributed by atoms with E-state index >= 15 is 0 Å². The van der Waals surface area contributed by atoms with Crippen molar-refractivity contribution < 1.29 is 0 Å². The Hall–Kier alpha value is -2.21. The average Bonchev–Trinajstić information content (AvgIpc) is 3.01. The van der Waals surface area contributed by atoms with Gasteiger partial charge in [-0.3, -0.25) is 0 Å². The van der Waals surface area contributed by atoms with Gasteiger partial charge in [-0.05, 0) is 59.1 Å². The topological polar surface area (TPSA) is 46.8 Å². The number of rotatable bonds is 4. The van der Waals surface area contributed by atoms with Crippen LogP contribution < -0.4 is 4.90 Å². The molecule has 0 bridgehead atoms. The van der Waals surface area contributed by atoms with Crippen molar-refractivity contribution in [2.75, 3.05) is 11.9 Å². The first-order chi connectivity index (χ1) is 11.0. The molecule has 0 amide bonds. The molecule has 0 unspecified atom stereocenters. The van der Waals surface area contributed by atoms with Gasteiger partial charge in [0.25, 0.3) is 0 Å². The minimum Gasteiger partial charge on any atom is -0.353 e. The Balaban J connectivity index is 1.79. The van der Waals surface area contributed by atoms with Crippen molar-refractivity contribution in [3.63, 3.8) is 0 Å². The fourth-order valence-corrected chi connectivity index (χ4v) is 2.55. The zero-order valence-electron chi connectivity index (χ0n) is 13.3. The van der Waals surface area contributed by atoms with Crippen LogP contribution in [0.2, 0.25) is 0 Å². The maximum Gasteiger partial charge on any atom is 0.153 e. The number of aryl methyl sites for hydroxylation is 1. The third-order valence-electron chi connectivity index (χ3n) is 3.85. The Morgan fingerprint density at radius 2 is 1.91 bits per heavy atom. The second-order valence-electron chi connectivity index (χ2n) is 5.53. The maximum absolute atomic E-state index is 4.52. The van der Waals surface area contributed by atoms with Gasteiger partial charge in [0, 0.05) is 30.1 Å². The molecule has 0 aromatic carbocycles. The van der Waals surface area contributed by atoms with Gasteiger partial charge in [-0.15, -0.1) is 0 Å². The summed E-state index contributed by atoms with van der Waals surface area (Å²) in [5.41, 5.74) is 2.25. The van der Waals surface area contributed by atoms with Crippen molar-refractivity contribution in [2.24, 2.45) is 0 Å². The molecule has 0 saturated heterocycles. The van der Waals surface area contributed by atoms with E-state index in [1.807, 2.05) is 50.8 Å². The summed E-state index contributed by atoms with van der Waals surface area (Å²) in [5.74, 6) is 1.74. The lowest BCUT2D eigenvalue weighted by atomic mass is 10.1. The van der Waals surface area contributed by atoms with Gasteiger partial charge in [0.1, 0.15) is 5.82 Å². The summed E-state index contributed by atoms with van der Waals surface area (Å²) in [6, 6.07) is 8.23. The molecule has 0 fully saturated rings. The Kier molecular flexibility index (Phi) is 4.43. The van der Waals surface area contributed by atoms with Crippen LogP contribution in [0.5, 0.6) is 0 Å². The van der Waals surface area contributed by atoms with Gasteiger partial charge in [-0.1, -0.05) is 6.07 Å². The highest BCUT2D eigenvalue weighted by molar-refractivity contribution is 9.10. The zero-order valence-corrected chi connectivity index (χ0v) is 14.9. The highest BCUT2D eigenvalue weighted by Crippen LogP contribution is 2.24. The van der Waals surface area contributed by atoms with Gasteiger partial charge >= 0.3 is 0 Å². The molecule has 0 spiro atoms. The van der Waals surface area contributed by atoms with Gasteiger partial charge in [-0.25, -0.2) is 14.6 Å². The Morgan fingerprint density at radius 3 is 2.48 bits per heavy atom. The van der Waals surface area contributed by atoms with Crippen molar-refractivity contribution >= 4 is 21.7 Å². The van der Waals surface area contributed by atoms with Gasteiger partial charge in [0.05, 0.1) is 12.2 Å². The van der Waals surface area contributed by atoms with Gasteiger partial charge in [0.2, 0.25) is 0 Å². The summed E-state index contributed by atoms with van der Waals surface area (Å²) in [7, 11) is 2.03. The summed E-state index contributed by atoms with van der Waals surface area (Å²) in [6.45, 7) is 4.15. The summed E-state index contributed by atoms with van der Waals surface area (Å²) < 4.78 is 2.76. The van der Waals surface area contributed by atoms with Gasteiger partial charge in [-0.2, -0.15) is 5.10 Å². The van der Waals surface area contributed by atoms with E-state index in [0.717, 1.165) is 27.2 Å². The van der Waals surface area contributed by atoms with E-state index < -0.39 is 0 Å². The van der Waals surface area contributed by atoms with E-state index in [9.17, 15) is 0 Å². The molecule has 3 heterocycles. The molecule has 0 aliphatic rings. The zero-order chi connectivity index (χ0) is 16.4. The first kappa shape index (κ1) is 15.7. The minimum absolute atomic E-state index is 0.171. The summed E-state index contributed by atoms with van der Waals surface area (Å²) in [5, 5.41) is 4.28. The lowest BCUT2D eigenvalue weighted by Gasteiger charge is -2.26.